The second-order valence-corrected chi connectivity index (χ2v) is 16.0. The van der Waals surface area contributed by atoms with E-state index in [9.17, 15) is 0 Å². The van der Waals surface area contributed by atoms with Crippen LogP contribution in [-0.4, -0.2) is 12.9 Å². The van der Waals surface area contributed by atoms with Crippen molar-refractivity contribution in [3.63, 3.8) is 0 Å². The van der Waals surface area contributed by atoms with Gasteiger partial charge in [-0.1, -0.05) is 207 Å². The number of aryl methyl sites for hydroxylation is 3. The van der Waals surface area contributed by atoms with Gasteiger partial charge < -0.3 is 10.8 Å². The maximum atomic E-state index is 6.82. The molecule has 8 aromatic carbocycles. The second-order valence-electron chi connectivity index (χ2n) is 15.0. The highest BCUT2D eigenvalue weighted by Gasteiger charge is 2.14. The molecule has 0 atom stereocenters. The minimum absolute atomic E-state index is 0.951. The van der Waals surface area contributed by atoms with Crippen LogP contribution in [0.25, 0.3) is 47.6 Å². The predicted octanol–water partition coefficient (Wildman–Crippen LogP) is 17.5. The highest BCUT2D eigenvalue weighted by atomic mass is 32.1. The molecule has 63 heavy (non-hydrogen) atoms. The molecule has 0 saturated heterocycles. The molecule has 10 rings (SSSR count). The molecule has 2 N–H and O–H groups in total. The number of fused-ring (bicyclic) bond motifs is 4. The predicted molar refractivity (Wildman–Crippen MR) is 280 cm³/mol. The Balaban J connectivity index is 0.000000201. The van der Waals surface area contributed by atoms with Crippen LogP contribution in [-0.2, 0) is 6.42 Å². The van der Waals surface area contributed by atoms with Crippen LogP contribution in [0.5, 0.6) is 0 Å². The van der Waals surface area contributed by atoms with Gasteiger partial charge in [0.1, 0.15) is 0 Å². The molecule has 0 fully saturated rings. The summed E-state index contributed by atoms with van der Waals surface area (Å²) in [6.45, 7) is 12.9. The molecule has 1 aliphatic carbocycles. The highest BCUT2D eigenvalue weighted by Crippen LogP contribution is 2.41. The zero-order valence-electron chi connectivity index (χ0n) is 37.4. The van der Waals surface area contributed by atoms with Gasteiger partial charge in [0.25, 0.3) is 0 Å². The Morgan fingerprint density at radius 1 is 0.556 bits per heavy atom. The summed E-state index contributed by atoms with van der Waals surface area (Å²) in [4.78, 5) is 0. The number of hydrogen-bond acceptors (Lipinski definition) is 3. The number of rotatable bonds is 5. The highest BCUT2D eigenvalue weighted by molar-refractivity contribution is 7.26. The van der Waals surface area contributed by atoms with Crippen molar-refractivity contribution in [1.82, 2.24) is 0 Å². The molecular weight excluding hydrogens is 781 g/mol. The van der Waals surface area contributed by atoms with Crippen molar-refractivity contribution in [3.8, 4) is 11.1 Å². The van der Waals surface area contributed by atoms with Crippen molar-refractivity contribution in [2.75, 3.05) is 0 Å². The van der Waals surface area contributed by atoms with Crippen LogP contribution in [0.2, 0.25) is 0 Å². The summed E-state index contributed by atoms with van der Waals surface area (Å²) in [6, 6.07) is 68.2. The lowest BCUT2D eigenvalue weighted by Gasteiger charge is -2.17. The summed E-state index contributed by atoms with van der Waals surface area (Å²) in [5, 5.41) is 17.7. The van der Waals surface area contributed by atoms with E-state index in [0.29, 0.717) is 0 Å². The lowest BCUT2D eigenvalue weighted by molar-refractivity contribution is 1.01. The molecule has 0 aliphatic heterocycles. The van der Waals surface area contributed by atoms with Gasteiger partial charge in [0.05, 0.1) is 0 Å². The largest absolute Gasteiger partial charge is 0.317 e. The van der Waals surface area contributed by atoms with Crippen molar-refractivity contribution in [2.24, 2.45) is 0 Å². The molecule has 0 spiro atoms. The number of nitrogens with one attached hydrogen (secondary N) is 2. The SMILES string of the molecule is C=N.CC.Cc1cc(-c2ccc(CC3=C(c4ccccc4)CCC=C3)cc2)c2sc3ccccc3c2c1.Cc1cccc2ccccc12.Cc1ccccc1.N=Cc1ccccc1. The van der Waals surface area contributed by atoms with Gasteiger partial charge in [-0.05, 0) is 126 Å². The van der Waals surface area contributed by atoms with Crippen molar-refractivity contribution in [2.45, 2.75) is 53.9 Å². The van der Waals surface area contributed by atoms with E-state index in [0.717, 1.165) is 24.8 Å². The molecule has 1 aliphatic rings. The van der Waals surface area contributed by atoms with Crippen LogP contribution in [0.3, 0.4) is 0 Å². The lowest BCUT2D eigenvalue weighted by atomic mass is 9.88. The molecule has 2 nitrogen and oxygen atoms in total. The maximum Gasteiger partial charge on any atom is 0.0434 e. The Morgan fingerprint density at radius 2 is 1.14 bits per heavy atom. The van der Waals surface area contributed by atoms with E-state index in [1.165, 1.54) is 87.2 Å². The monoisotopic (exact) mass is 840 g/mol. The molecule has 9 aromatic rings. The van der Waals surface area contributed by atoms with Gasteiger partial charge in [0, 0.05) is 26.4 Å². The first kappa shape index (κ1) is 47.1. The minimum atomic E-state index is 0.951. The van der Waals surface area contributed by atoms with Gasteiger partial charge in [0.2, 0.25) is 0 Å². The van der Waals surface area contributed by atoms with Crippen LogP contribution in [0.15, 0.2) is 212 Å². The summed E-state index contributed by atoms with van der Waals surface area (Å²) < 4.78 is 2.75. The Kier molecular flexibility index (Phi) is 18.8. The standard InChI is InChI=1S/C32H26S.C11H10.C7H7N.C7H8.C2H6.CH3N/c1-22-19-29(32-30(20-22)28-13-7-8-14-31(28)33-32)25-17-15-23(16-18-25)21-26-11-5-6-12-27(26)24-9-3-2-4-10-24;1-9-5-4-7-10-6-2-3-8-11(9)10;8-6-7-4-2-1-3-5-7;1-7-5-3-2-4-6-7;2*1-2/h2-5,7-11,13-20H,6,12,21H2,1H3;2-8H,1H3;1-6,8H;2-6H,1H3;1-2H3;2H,1H2. The zero-order chi connectivity index (χ0) is 44.8. The minimum Gasteiger partial charge on any atom is -0.317 e. The molecule has 0 saturated carbocycles. The fraction of sp³-hybridized carbons (Fsp3) is 0.133. The smallest absolute Gasteiger partial charge is 0.0434 e. The second kappa shape index (κ2) is 25.1. The number of hydrogen-bond donors (Lipinski definition) is 2. The van der Waals surface area contributed by atoms with E-state index in [4.69, 9.17) is 10.8 Å². The van der Waals surface area contributed by atoms with Crippen molar-refractivity contribution >= 4 is 60.8 Å². The first-order valence-electron chi connectivity index (χ1n) is 21.8. The van der Waals surface area contributed by atoms with Crippen LogP contribution >= 0.6 is 11.3 Å². The van der Waals surface area contributed by atoms with E-state index in [1.807, 2.05) is 73.7 Å². The summed E-state index contributed by atoms with van der Waals surface area (Å²) in [7, 11) is 0. The zero-order valence-corrected chi connectivity index (χ0v) is 38.3. The van der Waals surface area contributed by atoms with Gasteiger partial charge in [0.15, 0.2) is 0 Å². The molecule has 1 heterocycles. The third-order valence-electron chi connectivity index (χ3n) is 10.6. The third-order valence-corrected chi connectivity index (χ3v) is 11.8. The van der Waals surface area contributed by atoms with Gasteiger partial charge in [-0.2, -0.15) is 0 Å². The quantitative estimate of drug-likeness (QED) is 0.162. The number of allylic oxidation sites excluding steroid dienone is 4. The van der Waals surface area contributed by atoms with E-state index < -0.39 is 0 Å². The molecule has 0 unspecified atom stereocenters. The fourth-order valence-electron chi connectivity index (χ4n) is 7.53. The van der Waals surface area contributed by atoms with Crippen molar-refractivity contribution in [3.05, 3.63) is 245 Å². The molecule has 1 aromatic heterocycles. The van der Waals surface area contributed by atoms with E-state index >= 15 is 0 Å². The molecule has 0 bridgehead atoms. The lowest BCUT2D eigenvalue weighted by Crippen LogP contribution is -1.98. The summed E-state index contributed by atoms with van der Waals surface area (Å²) in [6.07, 6.45) is 9.22. The Bertz CT molecular complexity index is 2830. The van der Waals surface area contributed by atoms with Gasteiger partial charge >= 0.3 is 0 Å². The topological polar surface area (TPSA) is 47.7 Å². The molecule has 0 amide bonds. The first-order chi connectivity index (χ1) is 31.0. The van der Waals surface area contributed by atoms with Crippen molar-refractivity contribution < 1.29 is 0 Å². The number of thiophene rings is 1. The molecule has 3 heteroatoms. The summed E-state index contributed by atoms with van der Waals surface area (Å²) >= 11 is 1.91. The third kappa shape index (κ3) is 13.3. The van der Waals surface area contributed by atoms with Crippen LogP contribution in [0.4, 0.5) is 0 Å². The van der Waals surface area contributed by atoms with Crippen LogP contribution in [0, 0.1) is 31.6 Å². The average molecular weight is 841 g/mol. The molecular formula is C60H60N2S. The Labute approximate surface area is 380 Å². The Hall–Kier alpha value is -6.94. The summed E-state index contributed by atoms with van der Waals surface area (Å²) in [5.74, 6) is 0. The fourth-order valence-corrected chi connectivity index (χ4v) is 8.75. The van der Waals surface area contributed by atoms with E-state index in [2.05, 4.69) is 185 Å². The van der Waals surface area contributed by atoms with E-state index in [-0.39, 0.29) is 0 Å². The van der Waals surface area contributed by atoms with Crippen LogP contribution < -0.4 is 0 Å². The van der Waals surface area contributed by atoms with Gasteiger partial charge in [-0.15, -0.1) is 11.3 Å². The first-order valence-corrected chi connectivity index (χ1v) is 22.6. The van der Waals surface area contributed by atoms with E-state index in [1.54, 1.807) is 0 Å². The van der Waals surface area contributed by atoms with Crippen LogP contribution in [0.1, 0.15) is 60.1 Å². The maximum absolute atomic E-state index is 6.82. The van der Waals surface area contributed by atoms with Crippen molar-refractivity contribution in [1.29, 1.82) is 10.8 Å². The van der Waals surface area contributed by atoms with Gasteiger partial charge in [-0.25, -0.2) is 0 Å². The molecule has 316 valence electrons. The Morgan fingerprint density at radius 3 is 1.76 bits per heavy atom. The average Bonchev–Trinajstić information content (AvgIpc) is 3.73. The summed E-state index contributed by atoms with van der Waals surface area (Å²) in [5.41, 5.74) is 13.3. The van der Waals surface area contributed by atoms with Gasteiger partial charge in [-0.3, -0.25) is 0 Å². The normalized spacial score (nSPS) is 11.3. The molecule has 0 radical (unpaired) electrons. The number of benzene rings is 8.